The van der Waals surface area contributed by atoms with E-state index in [1.165, 1.54) is 0 Å². The van der Waals surface area contributed by atoms with Gasteiger partial charge in [0.1, 0.15) is 6.04 Å². The van der Waals surface area contributed by atoms with E-state index >= 15 is 0 Å². The van der Waals surface area contributed by atoms with Gasteiger partial charge in [0.15, 0.2) is 0 Å². The summed E-state index contributed by atoms with van der Waals surface area (Å²) in [6.45, 7) is 1.14. The average Bonchev–Trinajstić information content (AvgIpc) is 2.64. The molecule has 2 aromatic rings. The summed E-state index contributed by atoms with van der Waals surface area (Å²) in [4.78, 5) is 24.9. The summed E-state index contributed by atoms with van der Waals surface area (Å²) < 4.78 is 0. The molecule has 24 heavy (non-hydrogen) atoms. The minimum Gasteiger partial charge on any atom is -0.354 e. The van der Waals surface area contributed by atoms with Gasteiger partial charge in [-0.2, -0.15) is 0 Å². The molecule has 0 fully saturated rings. The molecule has 2 aromatic carbocycles. The molecule has 0 saturated heterocycles. The predicted octanol–water partition coefficient (Wildman–Crippen LogP) is 2.01. The fourth-order valence-corrected chi connectivity index (χ4v) is 2.33. The molecule has 5 nitrogen and oxygen atoms in total. The summed E-state index contributed by atoms with van der Waals surface area (Å²) in [5.74, 6) is -0.496. The Morgan fingerprint density at radius 1 is 0.917 bits per heavy atom. The lowest BCUT2D eigenvalue weighted by atomic mass is 10.1. The van der Waals surface area contributed by atoms with E-state index in [2.05, 4.69) is 10.6 Å². The van der Waals surface area contributed by atoms with Crippen LogP contribution in [0.3, 0.4) is 0 Å². The van der Waals surface area contributed by atoms with Gasteiger partial charge < -0.3 is 16.4 Å². The highest BCUT2D eigenvalue weighted by molar-refractivity contribution is 5.97. The Balaban J connectivity index is 2.08. The average molecular weight is 325 g/mol. The third-order valence-corrected chi connectivity index (χ3v) is 3.64. The lowest BCUT2D eigenvalue weighted by Gasteiger charge is -2.19. The van der Waals surface area contributed by atoms with Crippen molar-refractivity contribution in [3.63, 3.8) is 0 Å². The summed E-state index contributed by atoms with van der Waals surface area (Å²) in [5, 5.41) is 5.68. The van der Waals surface area contributed by atoms with Crippen LogP contribution in [0.1, 0.15) is 34.8 Å². The first-order valence-corrected chi connectivity index (χ1v) is 8.11. The number of carbonyl (C=O) groups excluding carboxylic acids is 2. The molecule has 0 spiro atoms. The number of hydrogen-bond acceptors (Lipinski definition) is 3. The molecule has 2 amide bonds. The van der Waals surface area contributed by atoms with Crippen molar-refractivity contribution in [2.24, 2.45) is 5.73 Å². The number of carbonyl (C=O) groups is 2. The van der Waals surface area contributed by atoms with Gasteiger partial charge in [0.05, 0.1) is 0 Å². The van der Waals surface area contributed by atoms with Gasteiger partial charge in [-0.05, 0) is 37.1 Å². The number of rotatable bonds is 8. The van der Waals surface area contributed by atoms with Crippen molar-refractivity contribution in [2.45, 2.75) is 18.9 Å². The third kappa shape index (κ3) is 5.21. The maximum atomic E-state index is 12.5. The molecule has 0 bridgehead atoms. The van der Waals surface area contributed by atoms with Crippen LogP contribution in [0, 0.1) is 0 Å². The van der Waals surface area contributed by atoms with Crippen molar-refractivity contribution in [2.75, 3.05) is 13.1 Å². The standard InChI is InChI=1S/C19H23N3O2/c20-13-7-8-14-21-19(24)17(15-9-3-1-4-10-15)22-18(23)16-11-5-2-6-12-16/h1-6,9-12,17H,7-8,13-14,20H2,(H,21,24)(H,22,23). The van der Waals surface area contributed by atoms with Crippen LogP contribution in [0.15, 0.2) is 60.7 Å². The topological polar surface area (TPSA) is 84.2 Å². The Morgan fingerprint density at radius 2 is 1.54 bits per heavy atom. The lowest BCUT2D eigenvalue weighted by Crippen LogP contribution is -2.40. The normalized spacial score (nSPS) is 11.5. The Labute approximate surface area is 142 Å². The van der Waals surface area contributed by atoms with Crippen molar-refractivity contribution < 1.29 is 9.59 Å². The van der Waals surface area contributed by atoms with Crippen molar-refractivity contribution >= 4 is 11.8 Å². The first-order valence-electron chi connectivity index (χ1n) is 8.11. The van der Waals surface area contributed by atoms with E-state index in [0.29, 0.717) is 18.7 Å². The van der Waals surface area contributed by atoms with E-state index in [4.69, 9.17) is 5.73 Å². The van der Waals surface area contributed by atoms with Crippen molar-refractivity contribution in [1.29, 1.82) is 0 Å². The predicted molar refractivity (Wildman–Crippen MR) is 94.4 cm³/mol. The van der Waals surface area contributed by atoms with Crippen LogP contribution in [0.4, 0.5) is 0 Å². The number of unbranched alkanes of at least 4 members (excludes halogenated alkanes) is 1. The van der Waals surface area contributed by atoms with E-state index in [-0.39, 0.29) is 11.8 Å². The molecule has 5 heteroatoms. The zero-order chi connectivity index (χ0) is 17.2. The summed E-state index contributed by atoms with van der Waals surface area (Å²) in [5.41, 5.74) is 6.73. The molecule has 0 radical (unpaired) electrons. The molecule has 1 unspecified atom stereocenters. The molecular formula is C19H23N3O2. The van der Waals surface area contributed by atoms with Gasteiger partial charge >= 0.3 is 0 Å². The highest BCUT2D eigenvalue weighted by atomic mass is 16.2. The second-order valence-electron chi connectivity index (χ2n) is 5.47. The SMILES string of the molecule is NCCCCNC(=O)C(NC(=O)c1ccccc1)c1ccccc1. The Bertz CT molecular complexity index is 644. The van der Waals surface area contributed by atoms with Crippen LogP contribution in [0.2, 0.25) is 0 Å². The zero-order valence-electron chi connectivity index (χ0n) is 13.6. The molecule has 126 valence electrons. The highest BCUT2D eigenvalue weighted by Gasteiger charge is 2.22. The molecule has 0 heterocycles. The molecule has 1 atom stereocenters. The van der Waals surface area contributed by atoms with Crippen LogP contribution in [-0.4, -0.2) is 24.9 Å². The zero-order valence-corrected chi connectivity index (χ0v) is 13.6. The summed E-state index contributed by atoms with van der Waals surface area (Å²) in [6.07, 6.45) is 1.67. The summed E-state index contributed by atoms with van der Waals surface area (Å²) in [6, 6.07) is 17.4. The second-order valence-corrected chi connectivity index (χ2v) is 5.47. The maximum Gasteiger partial charge on any atom is 0.252 e. The van der Waals surface area contributed by atoms with Gasteiger partial charge in [0.25, 0.3) is 5.91 Å². The van der Waals surface area contributed by atoms with E-state index < -0.39 is 6.04 Å². The van der Waals surface area contributed by atoms with Crippen LogP contribution in [0.5, 0.6) is 0 Å². The van der Waals surface area contributed by atoms with Gasteiger partial charge in [0.2, 0.25) is 5.91 Å². The van der Waals surface area contributed by atoms with E-state index in [9.17, 15) is 9.59 Å². The Hall–Kier alpha value is -2.66. The van der Waals surface area contributed by atoms with Crippen molar-refractivity contribution in [1.82, 2.24) is 10.6 Å². The molecule has 4 N–H and O–H groups in total. The van der Waals surface area contributed by atoms with Crippen LogP contribution >= 0.6 is 0 Å². The van der Waals surface area contributed by atoms with Crippen molar-refractivity contribution in [3.8, 4) is 0 Å². The first-order chi connectivity index (χ1) is 11.7. The third-order valence-electron chi connectivity index (χ3n) is 3.64. The van der Waals surface area contributed by atoms with Crippen LogP contribution in [-0.2, 0) is 4.79 Å². The number of nitrogens with two attached hydrogens (primary N) is 1. The summed E-state index contributed by atoms with van der Waals surface area (Å²) in [7, 11) is 0. The van der Waals surface area contributed by atoms with Crippen molar-refractivity contribution in [3.05, 3.63) is 71.8 Å². The first kappa shape index (κ1) is 17.7. The molecular weight excluding hydrogens is 302 g/mol. The van der Waals surface area contributed by atoms with Gasteiger partial charge in [0, 0.05) is 12.1 Å². The smallest absolute Gasteiger partial charge is 0.252 e. The molecule has 0 aliphatic rings. The summed E-state index contributed by atoms with van der Waals surface area (Å²) >= 11 is 0. The second kappa shape index (κ2) is 9.47. The highest BCUT2D eigenvalue weighted by Crippen LogP contribution is 2.14. The molecule has 0 aliphatic heterocycles. The maximum absolute atomic E-state index is 12.5. The largest absolute Gasteiger partial charge is 0.354 e. The molecule has 2 rings (SSSR count). The minimum absolute atomic E-state index is 0.220. The Kier molecular flexibility index (Phi) is 6.98. The monoisotopic (exact) mass is 325 g/mol. The Morgan fingerprint density at radius 3 is 2.17 bits per heavy atom. The molecule has 0 aliphatic carbocycles. The van der Waals surface area contributed by atoms with E-state index in [1.54, 1.807) is 24.3 Å². The number of benzene rings is 2. The minimum atomic E-state index is -0.725. The fourth-order valence-electron chi connectivity index (χ4n) is 2.33. The van der Waals surface area contributed by atoms with E-state index in [0.717, 1.165) is 18.4 Å². The van der Waals surface area contributed by atoms with Gasteiger partial charge in [-0.15, -0.1) is 0 Å². The van der Waals surface area contributed by atoms with Crippen LogP contribution < -0.4 is 16.4 Å². The van der Waals surface area contributed by atoms with Gasteiger partial charge in [-0.1, -0.05) is 48.5 Å². The van der Waals surface area contributed by atoms with Gasteiger partial charge in [-0.3, -0.25) is 9.59 Å². The molecule has 0 aromatic heterocycles. The number of nitrogens with one attached hydrogen (secondary N) is 2. The fraction of sp³-hybridized carbons (Fsp3) is 0.263. The van der Waals surface area contributed by atoms with Gasteiger partial charge in [-0.25, -0.2) is 0 Å². The number of hydrogen-bond donors (Lipinski definition) is 3. The quantitative estimate of drug-likeness (QED) is 0.649. The van der Waals surface area contributed by atoms with Crippen LogP contribution in [0.25, 0.3) is 0 Å². The number of amides is 2. The van der Waals surface area contributed by atoms with E-state index in [1.807, 2.05) is 36.4 Å². The lowest BCUT2D eigenvalue weighted by molar-refractivity contribution is -0.123. The molecule has 0 saturated carbocycles.